The fraction of sp³-hybridized carbons (Fsp3) is 0.200. The van der Waals surface area contributed by atoms with Crippen molar-refractivity contribution in [1.82, 2.24) is 4.98 Å². The van der Waals surface area contributed by atoms with Crippen LogP contribution in [0.2, 0.25) is 0 Å². The van der Waals surface area contributed by atoms with Gasteiger partial charge in [0, 0.05) is 25.9 Å². The van der Waals surface area contributed by atoms with Crippen LogP contribution in [0.1, 0.15) is 22.3 Å². The molecule has 5 heteroatoms. The van der Waals surface area contributed by atoms with E-state index in [-0.39, 0.29) is 5.97 Å². The van der Waals surface area contributed by atoms with E-state index < -0.39 is 0 Å². The van der Waals surface area contributed by atoms with Gasteiger partial charge in [0.2, 0.25) is 0 Å². The molecule has 0 aliphatic carbocycles. The Morgan fingerprint density at radius 2 is 2.15 bits per heavy atom. The molecule has 0 saturated heterocycles. The average Bonchev–Trinajstić information content (AvgIpc) is 3.02. The average molecular weight is 303 g/mol. The van der Waals surface area contributed by atoms with Crippen LogP contribution in [-0.4, -0.2) is 17.6 Å². The molecule has 0 aliphatic rings. The van der Waals surface area contributed by atoms with Gasteiger partial charge in [0.1, 0.15) is 5.01 Å². The lowest BCUT2D eigenvalue weighted by atomic mass is 10.2. The normalized spacial score (nSPS) is 10.9. The van der Waals surface area contributed by atoms with E-state index in [9.17, 15) is 4.79 Å². The van der Waals surface area contributed by atoms with Gasteiger partial charge in [0.15, 0.2) is 5.69 Å². The molecule has 3 aromatic rings. The van der Waals surface area contributed by atoms with Gasteiger partial charge in [-0.05, 0) is 19.9 Å². The number of rotatable bonds is 3. The summed E-state index contributed by atoms with van der Waals surface area (Å²) in [5.41, 5.74) is 1.52. The first-order valence-electron chi connectivity index (χ1n) is 6.32. The van der Waals surface area contributed by atoms with Gasteiger partial charge in [-0.2, -0.15) is 0 Å². The molecule has 2 heterocycles. The molecule has 2 aromatic heterocycles. The summed E-state index contributed by atoms with van der Waals surface area (Å²) in [6.45, 7) is 4.07. The van der Waals surface area contributed by atoms with Crippen molar-refractivity contribution in [1.29, 1.82) is 0 Å². The summed E-state index contributed by atoms with van der Waals surface area (Å²) in [6, 6.07) is 8.23. The van der Waals surface area contributed by atoms with E-state index in [2.05, 4.69) is 22.5 Å². The third-order valence-electron chi connectivity index (χ3n) is 2.98. The van der Waals surface area contributed by atoms with Crippen LogP contribution in [0.25, 0.3) is 20.7 Å². The fourth-order valence-corrected chi connectivity index (χ4v) is 4.00. The molecule has 102 valence electrons. The number of hydrogen-bond donors (Lipinski definition) is 0. The van der Waals surface area contributed by atoms with Gasteiger partial charge in [-0.3, -0.25) is 0 Å². The second-order valence-electron chi connectivity index (χ2n) is 4.29. The largest absolute Gasteiger partial charge is 0.461 e. The lowest BCUT2D eigenvalue weighted by molar-refractivity contribution is 0.0519. The third kappa shape index (κ3) is 2.23. The Bertz CT molecular complexity index is 773. The minimum atomic E-state index is -0.341. The zero-order valence-corrected chi connectivity index (χ0v) is 12.8. The van der Waals surface area contributed by atoms with E-state index in [4.69, 9.17) is 4.74 Å². The number of benzene rings is 1. The number of aryl methyl sites for hydroxylation is 1. The molecule has 0 spiro atoms. The maximum Gasteiger partial charge on any atom is 0.358 e. The van der Waals surface area contributed by atoms with Gasteiger partial charge >= 0.3 is 5.97 Å². The topological polar surface area (TPSA) is 39.2 Å². The summed E-state index contributed by atoms with van der Waals surface area (Å²) in [7, 11) is 0. The lowest BCUT2D eigenvalue weighted by Gasteiger charge is -1.97. The number of ether oxygens (including phenoxy) is 1. The fourth-order valence-electron chi connectivity index (χ4n) is 2.04. The molecule has 0 saturated carbocycles. The number of fused-ring (bicyclic) bond motifs is 1. The van der Waals surface area contributed by atoms with E-state index >= 15 is 0 Å². The molecule has 0 amide bonds. The van der Waals surface area contributed by atoms with E-state index in [0.29, 0.717) is 12.3 Å². The summed E-state index contributed by atoms with van der Waals surface area (Å²) in [5, 5.41) is 4.15. The van der Waals surface area contributed by atoms with Gasteiger partial charge in [0.25, 0.3) is 0 Å². The van der Waals surface area contributed by atoms with E-state index in [1.807, 2.05) is 19.1 Å². The van der Waals surface area contributed by atoms with E-state index in [1.165, 1.54) is 21.4 Å². The third-order valence-corrected chi connectivity index (χ3v) is 4.94. The molecular weight excluding hydrogens is 290 g/mol. The van der Waals surface area contributed by atoms with Crippen LogP contribution in [0.3, 0.4) is 0 Å². The second kappa shape index (κ2) is 5.34. The van der Waals surface area contributed by atoms with Gasteiger partial charge in [-0.1, -0.05) is 18.2 Å². The highest BCUT2D eigenvalue weighted by Gasteiger charge is 2.18. The predicted octanol–water partition coefficient (Wildman–Crippen LogP) is 4.51. The van der Waals surface area contributed by atoms with Crippen LogP contribution in [-0.2, 0) is 4.74 Å². The van der Waals surface area contributed by atoms with Crippen molar-refractivity contribution in [3.8, 4) is 10.6 Å². The molecule has 0 bridgehead atoms. The molecule has 0 radical (unpaired) electrons. The highest BCUT2D eigenvalue weighted by Crippen LogP contribution is 2.36. The number of esters is 1. The van der Waals surface area contributed by atoms with Gasteiger partial charge in [0.05, 0.1) is 6.61 Å². The van der Waals surface area contributed by atoms with Gasteiger partial charge < -0.3 is 4.74 Å². The molecule has 1 aromatic carbocycles. The van der Waals surface area contributed by atoms with Crippen LogP contribution < -0.4 is 0 Å². The SMILES string of the molecule is CCOC(=O)c1nc(-c2csc3ccccc23)sc1C. The first-order chi connectivity index (χ1) is 9.70. The van der Waals surface area contributed by atoms with Crippen molar-refractivity contribution < 1.29 is 9.53 Å². The van der Waals surface area contributed by atoms with Crippen LogP contribution in [0.4, 0.5) is 0 Å². The summed E-state index contributed by atoms with van der Waals surface area (Å²) in [4.78, 5) is 17.2. The Hall–Kier alpha value is -1.72. The van der Waals surface area contributed by atoms with Crippen molar-refractivity contribution >= 4 is 38.7 Å². The van der Waals surface area contributed by atoms with Crippen molar-refractivity contribution in [3.05, 3.63) is 40.2 Å². The number of aromatic nitrogens is 1. The molecule has 3 nitrogen and oxygen atoms in total. The van der Waals surface area contributed by atoms with Crippen LogP contribution >= 0.6 is 22.7 Å². The maximum absolute atomic E-state index is 11.8. The van der Waals surface area contributed by atoms with Crippen LogP contribution in [0, 0.1) is 6.92 Å². The molecule has 0 unspecified atom stereocenters. The first kappa shape index (κ1) is 13.3. The van der Waals surface area contributed by atoms with Gasteiger partial charge in [-0.15, -0.1) is 22.7 Å². The number of nitrogens with zero attached hydrogens (tertiary/aromatic N) is 1. The molecule has 0 aliphatic heterocycles. The highest BCUT2D eigenvalue weighted by molar-refractivity contribution is 7.19. The molecule has 3 rings (SSSR count). The van der Waals surface area contributed by atoms with Crippen molar-refractivity contribution in [2.45, 2.75) is 13.8 Å². The quantitative estimate of drug-likeness (QED) is 0.668. The minimum absolute atomic E-state index is 0.341. The molecular formula is C15H13NO2S2. The lowest BCUT2D eigenvalue weighted by Crippen LogP contribution is -2.06. The molecule has 20 heavy (non-hydrogen) atoms. The Balaban J connectivity index is 2.07. The van der Waals surface area contributed by atoms with Crippen LogP contribution in [0.5, 0.6) is 0 Å². The second-order valence-corrected chi connectivity index (χ2v) is 6.40. The zero-order valence-electron chi connectivity index (χ0n) is 11.2. The van der Waals surface area contributed by atoms with Gasteiger partial charge in [-0.25, -0.2) is 9.78 Å². The summed E-state index contributed by atoms with van der Waals surface area (Å²) < 4.78 is 6.26. The highest BCUT2D eigenvalue weighted by atomic mass is 32.1. The summed E-state index contributed by atoms with van der Waals surface area (Å²) in [5.74, 6) is -0.341. The number of thiazole rings is 1. The summed E-state index contributed by atoms with van der Waals surface area (Å²) in [6.07, 6.45) is 0. The smallest absolute Gasteiger partial charge is 0.358 e. The van der Waals surface area contributed by atoms with E-state index in [0.717, 1.165) is 15.4 Å². The first-order valence-corrected chi connectivity index (χ1v) is 8.01. The number of carbonyl (C=O) groups is 1. The van der Waals surface area contributed by atoms with Crippen molar-refractivity contribution in [2.24, 2.45) is 0 Å². The monoisotopic (exact) mass is 303 g/mol. The number of carbonyl (C=O) groups excluding carboxylic acids is 1. The van der Waals surface area contributed by atoms with Crippen LogP contribution in [0.15, 0.2) is 29.6 Å². The number of thiophene rings is 1. The Morgan fingerprint density at radius 3 is 2.95 bits per heavy atom. The summed E-state index contributed by atoms with van der Waals surface area (Å²) >= 11 is 3.23. The maximum atomic E-state index is 11.8. The van der Waals surface area contributed by atoms with Crippen molar-refractivity contribution in [2.75, 3.05) is 6.61 Å². The predicted molar refractivity (Wildman–Crippen MR) is 83.6 cm³/mol. The minimum Gasteiger partial charge on any atom is -0.461 e. The van der Waals surface area contributed by atoms with Crippen molar-refractivity contribution in [3.63, 3.8) is 0 Å². The number of hydrogen-bond acceptors (Lipinski definition) is 5. The van der Waals surface area contributed by atoms with E-state index in [1.54, 1.807) is 18.3 Å². The Morgan fingerprint density at radius 1 is 1.35 bits per heavy atom. The molecule has 0 atom stereocenters. The zero-order chi connectivity index (χ0) is 14.1. The molecule has 0 fully saturated rings. The standard InChI is InChI=1S/C15H13NO2S2/c1-3-18-15(17)13-9(2)20-14(16-13)11-8-19-12-7-5-4-6-10(11)12/h4-8H,3H2,1-2H3. The molecule has 0 N–H and O–H groups in total. The Kier molecular flexibility index (Phi) is 3.54. The Labute approximate surface area is 124 Å².